The molecule has 0 aliphatic carbocycles. The summed E-state index contributed by atoms with van der Waals surface area (Å²) in [6, 6.07) is 3.47. The Kier molecular flexibility index (Phi) is 4.56. The largest absolute Gasteiger partial charge is 0.409 e. The molecule has 7 nitrogen and oxygen atoms in total. The number of rotatable bonds is 4. The Labute approximate surface area is 116 Å². The van der Waals surface area contributed by atoms with Crippen LogP contribution >= 0.6 is 0 Å². The van der Waals surface area contributed by atoms with Crippen LogP contribution in [0.4, 0.5) is 10.1 Å². The van der Waals surface area contributed by atoms with E-state index in [-0.39, 0.29) is 17.1 Å². The highest BCUT2D eigenvalue weighted by atomic mass is 32.2. The number of nitrogens with two attached hydrogens (primary N) is 1. The van der Waals surface area contributed by atoms with Crippen molar-refractivity contribution in [3.8, 4) is 0 Å². The van der Waals surface area contributed by atoms with Gasteiger partial charge in [-0.25, -0.2) is 4.39 Å². The summed E-state index contributed by atoms with van der Waals surface area (Å²) in [6.07, 6.45) is 0. The zero-order chi connectivity index (χ0) is 15.6. The van der Waals surface area contributed by atoms with Crippen molar-refractivity contribution in [1.82, 2.24) is 4.72 Å². The van der Waals surface area contributed by atoms with Crippen LogP contribution in [0.5, 0.6) is 0 Å². The van der Waals surface area contributed by atoms with E-state index in [0.717, 1.165) is 6.07 Å². The molecule has 0 aromatic heterocycles. The van der Waals surface area contributed by atoms with E-state index in [1.165, 1.54) is 12.1 Å². The van der Waals surface area contributed by atoms with Gasteiger partial charge in [-0.15, -0.1) is 0 Å². The predicted octanol–water partition coefficient (Wildman–Crippen LogP) is 0.965. The van der Waals surface area contributed by atoms with Crippen LogP contribution < -0.4 is 15.2 Å². The number of benzene rings is 1. The summed E-state index contributed by atoms with van der Waals surface area (Å²) in [4.78, 5) is 0. The minimum Gasteiger partial charge on any atom is -0.409 e. The Bertz CT molecular complexity index is 623. The van der Waals surface area contributed by atoms with Crippen LogP contribution in [0.1, 0.15) is 26.3 Å². The van der Waals surface area contributed by atoms with Gasteiger partial charge in [0, 0.05) is 11.1 Å². The third-order valence-corrected chi connectivity index (χ3v) is 3.43. The first-order chi connectivity index (χ1) is 9.04. The molecule has 112 valence electrons. The van der Waals surface area contributed by atoms with Crippen molar-refractivity contribution in [3.05, 3.63) is 29.6 Å². The van der Waals surface area contributed by atoms with Gasteiger partial charge in [0.2, 0.25) is 0 Å². The number of hydrogen-bond acceptors (Lipinski definition) is 4. The minimum atomic E-state index is -3.90. The summed E-state index contributed by atoms with van der Waals surface area (Å²) in [5.74, 6) is -1.11. The van der Waals surface area contributed by atoms with Gasteiger partial charge in [0.15, 0.2) is 5.84 Å². The molecule has 0 unspecified atom stereocenters. The summed E-state index contributed by atoms with van der Waals surface area (Å²) in [6.45, 7) is 4.97. The van der Waals surface area contributed by atoms with Crippen molar-refractivity contribution >= 4 is 21.7 Å². The molecule has 0 saturated carbocycles. The lowest BCUT2D eigenvalue weighted by molar-refractivity contribution is 0.318. The lowest BCUT2D eigenvalue weighted by Gasteiger charge is -2.21. The minimum absolute atomic E-state index is 0.136. The maximum atomic E-state index is 13.8. The van der Waals surface area contributed by atoms with Crippen molar-refractivity contribution in [2.75, 3.05) is 4.72 Å². The van der Waals surface area contributed by atoms with E-state index in [9.17, 15) is 12.8 Å². The molecule has 1 aromatic rings. The molecule has 20 heavy (non-hydrogen) atoms. The second-order valence-electron chi connectivity index (χ2n) is 5.14. The fourth-order valence-electron chi connectivity index (χ4n) is 1.39. The predicted molar refractivity (Wildman–Crippen MR) is 74.3 cm³/mol. The maximum Gasteiger partial charge on any atom is 0.299 e. The van der Waals surface area contributed by atoms with E-state index in [0.29, 0.717) is 0 Å². The molecule has 0 spiro atoms. The van der Waals surface area contributed by atoms with Gasteiger partial charge in [-0.2, -0.15) is 13.1 Å². The Hall–Kier alpha value is -1.87. The smallest absolute Gasteiger partial charge is 0.299 e. The molecule has 0 aliphatic rings. The van der Waals surface area contributed by atoms with E-state index in [1.54, 1.807) is 20.8 Å². The number of oxime groups is 1. The van der Waals surface area contributed by atoms with E-state index in [4.69, 9.17) is 10.9 Å². The molecule has 0 fully saturated rings. The topological polar surface area (TPSA) is 117 Å². The lowest BCUT2D eigenvalue weighted by Crippen LogP contribution is -2.43. The number of hydrogen-bond donors (Lipinski definition) is 4. The highest BCUT2D eigenvalue weighted by Crippen LogP contribution is 2.17. The third kappa shape index (κ3) is 4.67. The number of amidine groups is 1. The highest BCUT2D eigenvalue weighted by molar-refractivity contribution is 7.90. The summed E-state index contributed by atoms with van der Waals surface area (Å²) < 4.78 is 41.7. The van der Waals surface area contributed by atoms with Crippen molar-refractivity contribution in [2.45, 2.75) is 26.3 Å². The van der Waals surface area contributed by atoms with Crippen LogP contribution in [0.25, 0.3) is 0 Å². The number of halogens is 1. The van der Waals surface area contributed by atoms with E-state index in [2.05, 4.69) is 14.6 Å². The van der Waals surface area contributed by atoms with E-state index < -0.39 is 21.6 Å². The van der Waals surface area contributed by atoms with Crippen molar-refractivity contribution < 1.29 is 18.0 Å². The van der Waals surface area contributed by atoms with Gasteiger partial charge in [0.05, 0.1) is 5.69 Å². The molecule has 0 atom stereocenters. The average Bonchev–Trinajstić information content (AvgIpc) is 2.27. The zero-order valence-corrected chi connectivity index (χ0v) is 12.1. The van der Waals surface area contributed by atoms with Crippen molar-refractivity contribution in [1.29, 1.82) is 0 Å². The Morgan fingerprint density at radius 1 is 1.40 bits per heavy atom. The van der Waals surface area contributed by atoms with E-state index >= 15 is 0 Å². The Morgan fingerprint density at radius 3 is 2.45 bits per heavy atom. The molecule has 0 radical (unpaired) electrons. The second kappa shape index (κ2) is 5.63. The first-order valence-corrected chi connectivity index (χ1v) is 7.11. The summed E-state index contributed by atoms with van der Waals surface area (Å²) >= 11 is 0. The molecule has 0 saturated heterocycles. The zero-order valence-electron chi connectivity index (χ0n) is 11.3. The summed E-state index contributed by atoms with van der Waals surface area (Å²) in [5, 5.41) is 11.2. The SMILES string of the molecule is CC(C)(C)NS(=O)(=O)Nc1ccc(/C(N)=N/O)cc1F. The molecule has 1 rings (SSSR count). The first-order valence-electron chi connectivity index (χ1n) is 5.63. The lowest BCUT2D eigenvalue weighted by atomic mass is 10.1. The van der Waals surface area contributed by atoms with Crippen LogP contribution in [-0.4, -0.2) is 25.0 Å². The fraction of sp³-hybridized carbons (Fsp3) is 0.364. The van der Waals surface area contributed by atoms with Crippen LogP contribution in [0.15, 0.2) is 23.4 Å². The number of anilines is 1. The molecule has 9 heteroatoms. The molecule has 1 aromatic carbocycles. The Morgan fingerprint density at radius 2 is 2.00 bits per heavy atom. The number of nitrogens with zero attached hydrogens (tertiary/aromatic N) is 1. The van der Waals surface area contributed by atoms with Crippen LogP contribution in [-0.2, 0) is 10.2 Å². The monoisotopic (exact) mass is 304 g/mol. The van der Waals surface area contributed by atoms with Gasteiger partial charge in [-0.05, 0) is 39.0 Å². The van der Waals surface area contributed by atoms with Gasteiger partial charge in [0.25, 0.3) is 10.2 Å². The molecule has 0 bridgehead atoms. The highest BCUT2D eigenvalue weighted by Gasteiger charge is 2.21. The molecular weight excluding hydrogens is 287 g/mol. The average molecular weight is 304 g/mol. The quantitative estimate of drug-likeness (QED) is 0.287. The maximum absolute atomic E-state index is 13.8. The van der Waals surface area contributed by atoms with Crippen molar-refractivity contribution in [2.24, 2.45) is 10.9 Å². The van der Waals surface area contributed by atoms with Gasteiger partial charge in [-0.3, -0.25) is 4.72 Å². The molecular formula is C11H17FN4O3S. The van der Waals surface area contributed by atoms with Gasteiger partial charge in [0.1, 0.15) is 5.82 Å². The molecule has 0 heterocycles. The van der Waals surface area contributed by atoms with Crippen molar-refractivity contribution in [3.63, 3.8) is 0 Å². The molecule has 0 aliphatic heterocycles. The van der Waals surface area contributed by atoms with Crippen LogP contribution in [0, 0.1) is 5.82 Å². The summed E-state index contributed by atoms with van der Waals surface area (Å²) in [5.41, 5.74) is 4.50. The third-order valence-electron chi connectivity index (χ3n) is 2.06. The van der Waals surface area contributed by atoms with Crippen LogP contribution in [0.3, 0.4) is 0 Å². The van der Waals surface area contributed by atoms with Crippen LogP contribution in [0.2, 0.25) is 0 Å². The summed E-state index contributed by atoms with van der Waals surface area (Å²) in [7, 11) is -3.90. The number of nitrogens with one attached hydrogen (secondary N) is 2. The van der Waals surface area contributed by atoms with Gasteiger partial charge < -0.3 is 10.9 Å². The molecule has 0 amide bonds. The second-order valence-corrected chi connectivity index (χ2v) is 6.55. The first kappa shape index (κ1) is 16.2. The standard InChI is InChI=1S/C11H17FN4O3S/c1-11(2,3)16-20(18,19)15-9-5-4-7(6-8(9)12)10(13)14-17/h4-6,15-17H,1-3H3,(H2,13,14). The molecule has 5 N–H and O–H groups in total. The Balaban J connectivity index is 3.00. The van der Waals surface area contributed by atoms with E-state index in [1.807, 2.05) is 0 Å². The normalized spacial score (nSPS) is 13.3. The van der Waals surface area contributed by atoms with Gasteiger partial charge >= 0.3 is 0 Å². The fourth-order valence-corrected chi connectivity index (χ4v) is 2.70. The van der Waals surface area contributed by atoms with Gasteiger partial charge in [-0.1, -0.05) is 5.16 Å².